The smallest absolute Gasteiger partial charge is 0.240 e. The van der Waals surface area contributed by atoms with Gasteiger partial charge >= 0.3 is 0 Å². The van der Waals surface area contributed by atoms with Crippen LogP contribution in [0.1, 0.15) is 57.2 Å². The monoisotopic (exact) mass is 375 g/mol. The fourth-order valence-electron chi connectivity index (χ4n) is 2.72. The van der Waals surface area contributed by atoms with Gasteiger partial charge in [-0.15, -0.1) is 0 Å². The van der Waals surface area contributed by atoms with E-state index in [1.807, 2.05) is 38.1 Å². The molecule has 0 heterocycles. The Hall–Kier alpha value is -1.85. The Morgan fingerprint density at radius 1 is 1.04 bits per heavy atom. The normalized spacial score (nSPS) is 12.4. The highest BCUT2D eigenvalue weighted by Gasteiger charge is 2.18. The van der Waals surface area contributed by atoms with E-state index in [2.05, 4.69) is 25.5 Å². The SMILES string of the molecule is COc1ccc(S(=O)(=O)NCc2ccc(C(C)(C)C)cc2)cc1C(C)C. The van der Waals surface area contributed by atoms with Crippen LogP contribution in [0.2, 0.25) is 0 Å². The molecule has 0 aromatic heterocycles. The van der Waals surface area contributed by atoms with Gasteiger partial charge < -0.3 is 4.74 Å². The highest BCUT2D eigenvalue weighted by Crippen LogP contribution is 2.29. The van der Waals surface area contributed by atoms with Gasteiger partial charge in [0.15, 0.2) is 0 Å². The van der Waals surface area contributed by atoms with Gasteiger partial charge in [-0.05, 0) is 46.2 Å². The topological polar surface area (TPSA) is 55.4 Å². The van der Waals surface area contributed by atoms with Crippen LogP contribution in [0.3, 0.4) is 0 Å². The van der Waals surface area contributed by atoms with Crippen LogP contribution in [0.15, 0.2) is 47.4 Å². The third kappa shape index (κ3) is 4.86. The van der Waals surface area contributed by atoms with Crippen molar-refractivity contribution >= 4 is 10.0 Å². The molecule has 0 fully saturated rings. The summed E-state index contributed by atoms with van der Waals surface area (Å²) in [7, 11) is -1.99. The molecule has 142 valence electrons. The Kier molecular flexibility index (Phi) is 6.14. The lowest BCUT2D eigenvalue weighted by Gasteiger charge is -2.19. The molecule has 0 spiro atoms. The summed E-state index contributed by atoms with van der Waals surface area (Å²) < 4.78 is 33.3. The van der Waals surface area contributed by atoms with Crippen molar-refractivity contribution in [3.63, 3.8) is 0 Å². The predicted octanol–water partition coefficient (Wildman–Crippen LogP) is 4.59. The lowest BCUT2D eigenvalue weighted by atomic mass is 9.87. The number of nitrogens with one attached hydrogen (secondary N) is 1. The van der Waals surface area contributed by atoms with Gasteiger partial charge in [0.25, 0.3) is 0 Å². The molecule has 0 bridgehead atoms. The zero-order chi connectivity index (χ0) is 19.5. The molecule has 4 nitrogen and oxygen atoms in total. The predicted molar refractivity (Wildman–Crippen MR) is 106 cm³/mol. The Balaban J connectivity index is 2.17. The third-order valence-corrected chi connectivity index (χ3v) is 5.82. The maximum atomic E-state index is 12.7. The fraction of sp³-hybridized carbons (Fsp3) is 0.429. The van der Waals surface area contributed by atoms with Crippen molar-refractivity contribution in [2.45, 2.75) is 57.4 Å². The van der Waals surface area contributed by atoms with Crippen LogP contribution < -0.4 is 9.46 Å². The molecule has 0 unspecified atom stereocenters. The van der Waals surface area contributed by atoms with E-state index in [9.17, 15) is 8.42 Å². The van der Waals surface area contributed by atoms with Crippen LogP contribution in [-0.4, -0.2) is 15.5 Å². The summed E-state index contributed by atoms with van der Waals surface area (Å²) in [5, 5.41) is 0. The quantitative estimate of drug-likeness (QED) is 0.803. The van der Waals surface area contributed by atoms with Crippen molar-refractivity contribution in [2.75, 3.05) is 7.11 Å². The van der Waals surface area contributed by atoms with Crippen LogP contribution in [-0.2, 0) is 22.0 Å². The average molecular weight is 376 g/mol. The molecular weight excluding hydrogens is 346 g/mol. The van der Waals surface area contributed by atoms with E-state index in [4.69, 9.17) is 4.74 Å². The zero-order valence-corrected chi connectivity index (χ0v) is 17.3. The van der Waals surface area contributed by atoms with Crippen LogP contribution in [0.5, 0.6) is 5.75 Å². The number of methoxy groups -OCH3 is 1. The van der Waals surface area contributed by atoms with Gasteiger partial charge in [0.05, 0.1) is 12.0 Å². The van der Waals surface area contributed by atoms with Crippen molar-refractivity contribution in [3.05, 3.63) is 59.2 Å². The molecule has 2 aromatic carbocycles. The molecule has 0 atom stereocenters. The minimum absolute atomic E-state index is 0.0778. The van der Waals surface area contributed by atoms with E-state index in [0.29, 0.717) is 5.75 Å². The van der Waals surface area contributed by atoms with Crippen LogP contribution in [0.4, 0.5) is 0 Å². The Morgan fingerprint density at radius 2 is 1.65 bits per heavy atom. The van der Waals surface area contributed by atoms with Crippen molar-refractivity contribution in [2.24, 2.45) is 0 Å². The van der Waals surface area contributed by atoms with Gasteiger partial charge in [0.1, 0.15) is 5.75 Å². The third-order valence-electron chi connectivity index (χ3n) is 4.42. The van der Waals surface area contributed by atoms with Gasteiger partial charge in [0, 0.05) is 6.54 Å². The van der Waals surface area contributed by atoms with E-state index in [1.165, 1.54) is 5.56 Å². The number of rotatable bonds is 6. The van der Waals surface area contributed by atoms with E-state index in [-0.39, 0.29) is 22.8 Å². The molecule has 26 heavy (non-hydrogen) atoms. The zero-order valence-electron chi connectivity index (χ0n) is 16.5. The van der Waals surface area contributed by atoms with Crippen molar-refractivity contribution < 1.29 is 13.2 Å². The Bertz CT molecular complexity index is 848. The molecule has 2 rings (SSSR count). The van der Waals surface area contributed by atoms with E-state index < -0.39 is 10.0 Å². The summed E-state index contributed by atoms with van der Waals surface area (Å²) in [6.45, 7) is 10.7. The van der Waals surface area contributed by atoms with Gasteiger partial charge in [-0.3, -0.25) is 0 Å². The summed E-state index contributed by atoms with van der Waals surface area (Å²) in [5.41, 5.74) is 3.11. The Labute approximate surface area is 157 Å². The van der Waals surface area contributed by atoms with Gasteiger partial charge in [-0.25, -0.2) is 13.1 Å². The summed E-state index contributed by atoms with van der Waals surface area (Å²) >= 11 is 0. The highest BCUT2D eigenvalue weighted by atomic mass is 32.2. The maximum Gasteiger partial charge on any atom is 0.240 e. The molecule has 0 radical (unpaired) electrons. The molecule has 1 N–H and O–H groups in total. The van der Waals surface area contributed by atoms with Crippen LogP contribution >= 0.6 is 0 Å². The number of hydrogen-bond acceptors (Lipinski definition) is 3. The van der Waals surface area contributed by atoms with Gasteiger partial charge in [0.2, 0.25) is 10.0 Å². The van der Waals surface area contributed by atoms with Crippen molar-refractivity contribution in [3.8, 4) is 5.75 Å². The number of ether oxygens (including phenoxy) is 1. The van der Waals surface area contributed by atoms with Gasteiger partial charge in [-0.1, -0.05) is 58.9 Å². The fourth-order valence-corrected chi connectivity index (χ4v) is 3.77. The first-order valence-corrected chi connectivity index (χ1v) is 10.3. The average Bonchev–Trinajstić information content (AvgIpc) is 2.59. The molecule has 0 aliphatic carbocycles. The van der Waals surface area contributed by atoms with Gasteiger partial charge in [-0.2, -0.15) is 0 Å². The second-order valence-corrected chi connectivity index (χ2v) is 9.60. The lowest BCUT2D eigenvalue weighted by molar-refractivity contribution is 0.407. The molecule has 5 heteroatoms. The molecule has 0 amide bonds. The first-order valence-electron chi connectivity index (χ1n) is 8.81. The van der Waals surface area contributed by atoms with Crippen LogP contribution in [0.25, 0.3) is 0 Å². The van der Waals surface area contributed by atoms with E-state index >= 15 is 0 Å². The largest absolute Gasteiger partial charge is 0.496 e. The number of hydrogen-bond donors (Lipinski definition) is 1. The molecule has 0 saturated heterocycles. The Morgan fingerprint density at radius 3 is 2.15 bits per heavy atom. The summed E-state index contributed by atoms with van der Waals surface area (Å²) in [6.07, 6.45) is 0. The first kappa shape index (κ1) is 20.5. The number of sulfonamides is 1. The van der Waals surface area contributed by atoms with Crippen molar-refractivity contribution in [1.82, 2.24) is 4.72 Å². The molecule has 2 aromatic rings. The highest BCUT2D eigenvalue weighted by molar-refractivity contribution is 7.89. The second-order valence-electron chi connectivity index (χ2n) is 7.83. The van der Waals surface area contributed by atoms with Crippen LogP contribution in [0, 0.1) is 0 Å². The first-order chi connectivity index (χ1) is 12.0. The molecule has 0 saturated carbocycles. The summed E-state index contributed by atoms with van der Waals surface area (Å²) in [5.74, 6) is 0.877. The standard InChI is InChI=1S/C21H29NO3S/c1-15(2)19-13-18(11-12-20(19)25-6)26(23,24)22-14-16-7-9-17(10-8-16)21(3,4)5/h7-13,15,22H,14H2,1-6H3. The summed E-state index contributed by atoms with van der Waals surface area (Å²) in [4.78, 5) is 0.258. The molecule has 0 aliphatic heterocycles. The van der Waals surface area contributed by atoms with E-state index in [0.717, 1.165) is 11.1 Å². The minimum Gasteiger partial charge on any atom is -0.496 e. The number of benzene rings is 2. The second kappa shape index (κ2) is 7.80. The van der Waals surface area contributed by atoms with Crippen molar-refractivity contribution in [1.29, 1.82) is 0 Å². The summed E-state index contributed by atoms with van der Waals surface area (Å²) in [6, 6.07) is 13.0. The molecule has 0 aliphatic rings. The minimum atomic E-state index is -3.58. The lowest BCUT2D eigenvalue weighted by Crippen LogP contribution is -2.23. The van der Waals surface area contributed by atoms with E-state index in [1.54, 1.807) is 25.3 Å². The maximum absolute atomic E-state index is 12.7. The molecular formula is C21H29NO3S.